The van der Waals surface area contributed by atoms with E-state index in [1.807, 2.05) is 18.2 Å². The number of hydrogen-bond acceptors (Lipinski definition) is 3. The van der Waals surface area contributed by atoms with Gasteiger partial charge >= 0.3 is 0 Å². The van der Waals surface area contributed by atoms with Crippen molar-refractivity contribution in [1.82, 2.24) is 10.6 Å². The fourth-order valence-electron chi connectivity index (χ4n) is 1.92. The molecule has 2 N–H and O–H groups in total. The summed E-state index contributed by atoms with van der Waals surface area (Å²) < 4.78 is 5.57. The Kier molecular flexibility index (Phi) is 8.02. The van der Waals surface area contributed by atoms with E-state index in [1.54, 1.807) is 18.2 Å². The molecule has 1 aromatic carbocycles. The van der Waals surface area contributed by atoms with Crippen molar-refractivity contribution in [3.05, 3.63) is 47.2 Å². The second kappa shape index (κ2) is 9.51. The van der Waals surface area contributed by atoms with Crippen molar-refractivity contribution in [1.29, 1.82) is 0 Å². The Morgan fingerprint density at radius 2 is 1.91 bits per heavy atom. The highest BCUT2D eigenvalue weighted by atomic mass is 35.5. The second-order valence-corrected chi connectivity index (χ2v) is 5.06. The molecule has 0 fully saturated rings. The smallest absolute Gasteiger partial charge is 0.287 e. The van der Waals surface area contributed by atoms with Crippen LogP contribution in [-0.4, -0.2) is 25.5 Å². The fraction of sp³-hybridized carbons (Fsp3) is 0.312. The number of carbonyl (C=O) groups is 1. The standard InChI is InChI=1S/C16H19ClN2O2.ClH/c1-2-9-18-10-11-19-16(20)15-8-7-14(21-15)12-5-3-4-6-13(12)17;/h3-8,18H,2,9-11H2,1H3,(H,19,20);1H. The monoisotopic (exact) mass is 342 g/mol. The third-order valence-corrected chi connectivity index (χ3v) is 3.31. The molecule has 0 saturated heterocycles. The molecular weight excluding hydrogens is 323 g/mol. The van der Waals surface area contributed by atoms with Gasteiger partial charge in [-0.15, -0.1) is 12.4 Å². The van der Waals surface area contributed by atoms with E-state index in [2.05, 4.69) is 17.6 Å². The Balaban J connectivity index is 0.00000242. The molecule has 1 heterocycles. The molecule has 0 radical (unpaired) electrons. The molecule has 2 rings (SSSR count). The molecule has 0 aliphatic rings. The van der Waals surface area contributed by atoms with Gasteiger partial charge in [0.15, 0.2) is 5.76 Å². The van der Waals surface area contributed by atoms with Gasteiger partial charge in [-0.2, -0.15) is 0 Å². The van der Waals surface area contributed by atoms with E-state index in [0.717, 1.165) is 25.1 Å². The largest absolute Gasteiger partial charge is 0.451 e. The minimum absolute atomic E-state index is 0. The predicted octanol–water partition coefficient (Wildman–Crippen LogP) is 3.75. The maximum absolute atomic E-state index is 11.9. The molecule has 0 saturated carbocycles. The van der Waals surface area contributed by atoms with Crippen molar-refractivity contribution in [3.8, 4) is 11.3 Å². The van der Waals surface area contributed by atoms with Crippen LogP contribution in [0.1, 0.15) is 23.9 Å². The highest BCUT2D eigenvalue weighted by molar-refractivity contribution is 6.33. The van der Waals surface area contributed by atoms with Crippen molar-refractivity contribution in [3.63, 3.8) is 0 Å². The number of amides is 1. The van der Waals surface area contributed by atoms with Gasteiger partial charge in [0.25, 0.3) is 5.91 Å². The summed E-state index contributed by atoms with van der Waals surface area (Å²) in [6.07, 6.45) is 1.08. The van der Waals surface area contributed by atoms with Crippen LogP contribution in [0.3, 0.4) is 0 Å². The lowest BCUT2D eigenvalue weighted by Crippen LogP contribution is -2.31. The lowest BCUT2D eigenvalue weighted by atomic mass is 10.2. The first kappa shape index (κ1) is 18.6. The zero-order valence-corrected chi connectivity index (χ0v) is 14.0. The maximum atomic E-state index is 11.9. The van der Waals surface area contributed by atoms with Gasteiger partial charge in [-0.25, -0.2) is 0 Å². The lowest BCUT2D eigenvalue weighted by molar-refractivity contribution is 0.0927. The minimum Gasteiger partial charge on any atom is -0.451 e. The van der Waals surface area contributed by atoms with Crippen molar-refractivity contribution in [2.75, 3.05) is 19.6 Å². The number of benzene rings is 1. The number of hydrogen-bond donors (Lipinski definition) is 2. The van der Waals surface area contributed by atoms with Crippen LogP contribution in [0.25, 0.3) is 11.3 Å². The van der Waals surface area contributed by atoms with Gasteiger partial charge in [-0.05, 0) is 37.2 Å². The average molecular weight is 343 g/mol. The summed E-state index contributed by atoms with van der Waals surface area (Å²) >= 11 is 6.11. The molecule has 120 valence electrons. The summed E-state index contributed by atoms with van der Waals surface area (Å²) in [5, 5.41) is 6.63. The Hall–Kier alpha value is -1.49. The highest BCUT2D eigenvalue weighted by Crippen LogP contribution is 2.28. The molecule has 1 aromatic heterocycles. The number of rotatable bonds is 7. The van der Waals surface area contributed by atoms with Crippen molar-refractivity contribution in [2.24, 2.45) is 0 Å². The van der Waals surface area contributed by atoms with Crippen LogP contribution in [0.15, 0.2) is 40.8 Å². The van der Waals surface area contributed by atoms with Crippen LogP contribution in [0.2, 0.25) is 5.02 Å². The van der Waals surface area contributed by atoms with Crippen molar-refractivity contribution in [2.45, 2.75) is 13.3 Å². The topological polar surface area (TPSA) is 54.3 Å². The van der Waals surface area contributed by atoms with Crippen molar-refractivity contribution < 1.29 is 9.21 Å². The molecule has 6 heteroatoms. The molecule has 0 aliphatic carbocycles. The van der Waals surface area contributed by atoms with Gasteiger partial charge < -0.3 is 15.1 Å². The van der Waals surface area contributed by atoms with Crippen LogP contribution < -0.4 is 10.6 Å². The molecule has 2 aromatic rings. The lowest BCUT2D eigenvalue weighted by Gasteiger charge is -2.04. The second-order valence-electron chi connectivity index (χ2n) is 4.65. The Bertz CT molecular complexity index is 599. The van der Waals surface area contributed by atoms with Gasteiger partial charge in [-0.1, -0.05) is 30.7 Å². The molecule has 0 spiro atoms. The number of furan rings is 1. The molecule has 0 aliphatic heterocycles. The molecule has 4 nitrogen and oxygen atoms in total. The van der Waals surface area contributed by atoms with E-state index in [0.29, 0.717) is 23.1 Å². The molecule has 0 bridgehead atoms. The zero-order valence-electron chi connectivity index (χ0n) is 12.4. The first-order chi connectivity index (χ1) is 10.2. The summed E-state index contributed by atoms with van der Waals surface area (Å²) in [4.78, 5) is 11.9. The van der Waals surface area contributed by atoms with Crippen LogP contribution in [0.4, 0.5) is 0 Å². The molecule has 0 unspecified atom stereocenters. The van der Waals surface area contributed by atoms with Gasteiger partial charge in [0.2, 0.25) is 0 Å². The number of carbonyl (C=O) groups excluding carboxylic acids is 1. The Morgan fingerprint density at radius 3 is 2.64 bits per heavy atom. The molecule has 22 heavy (non-hydrogen) atoms. The van der Waals surface area contributed by atoms with Crippen LogP contribution in [0, 0.1) is 0 Å². The van der Waals surface area contributed by atoms with Crippen LogP contribution in [0.5, 0.6) is 0 Å². The maximum Gasteiger partial charge on any atom is 0.287 e. The molecule has 1 amide bonds. The van der Waals surface area contributed by atoms with E-state index in [1.165, 1.54) is 0 Å². The summed E-state index contributed by atoms with van der Waals surface area (Å²) in [5.41, 5.74) is 0.780. The highest BCUT2D eigenvalue weighted by Gasteiger charge is 2.13. The Labute approximate surface area is 141 Å². The van der Waals surface area contributed by atoms with Crippen molar-refractivity contribution >= 4 is 29.9 Å². The van der Waals surface area contributed by atoms with Crippen LogP contribution in [-0.2, 0) is 0 Å². The third-order valence-electron chi connectivity index (χ3n) is 2.98. The normalized spacial score (nSPS) is 10.1. The number of halogens is 2. The minimum atomic E-state index is -0.216. The fourth-order valence-corrected chi connectivity index (χ4v) is 2.15. The van der Waals surface area contributed by atoms with E-state index in [4.69, 9.17) is 16.0 Å². The van der Waals surface area contributed by atoms with Gasteiger partial charge in [0.1, 0.15) is 5.76 Å². The van der Waals surface area contributed by atoms with Gasteiger partial charge in [0, 0.05) is 18.7 Å². The van der Waals surface area contributed by atoms with Gasteiger partial charge in [0.05, 0.1) is 5.02 Å². The van der Waals surface area contributed by atoms with E-state index >= 15 is 0 Å². The SMILES string of the molecule is CCCNCCNC(=O)c1ccc(-c2ccccc2Cl)o1.Cl. The summed E-state index contributed by atoms with van der Waals surface area (Å²) in [6.45, 7) is 4.37. The first-order valence-electron chi connectivity index (χ1n) is 7.06. The summed E-state index contributed by atoms with van der Waals surface area (Å²) in [5.74, 6) is 0.668. The van der Waals surface area contributed by atoms with E-state index in [-0.39, 0.29) is 18.3 Å². The summed E-state index contributed by atoms with van der Waals surface area (Å²) in [6, 6.07) is 10.8. The Morgan fingerprint density at radius 1 is 1.14 bits per heavy atom. The molecule has 0 atom stereocenters. The van der Waals surface area contributed by atoms with Gasteiger partial charge in [-0.3, -0.25) is 4.79 Å². The van der Waals surface area contributed by atoms with Crippen LogP contribution >= 0.6 is 24.0 Å². The zero-order chi connectivity index (χ0) is 15.1. The molecular formula is C16H20Cl2N2O2. The quantitative estimate of drug-likeness (QED) is 0.753. The summed E-state index contributed by atoms with van der Waals surface area (Å²) in [7, 11) is 0. The number of nitrogens with one attached hydrogen (secondary N) is 2. The predicted molar refractivity (Wildman–Crippen MR) is 91.9 cm³/mol. The van der Waals surface area contributed by atoms with E-state index in [9.17, 15) is 4.79 Å². The first-order valence-corrected chi connectivity index (χ1v) is 7.44. The third kappa shape index (κ3) is 5.05. The van der Waals surface area contributed by atoms with E-state index < -0.39 is 0 Å². The average Bonchev–Trinajstić information content (AvgIpc) is 2.97.